The zero-order valence-electron chi connectivity index (χ0n) is 20.6. The van der Waals surface area contributed by atoms with Crippen molar-refractivity contribution in [2.75, 3.05) is 54.6 Å². The maximum atomic E-state index is 12.5. The number of hydrogen-bond acceptors (Lipinski definition) is 9. The van der Waals surface area contributed by atoms with Gasteiger partial charge in [0.2, 0.25) is 21.4 Å². The first-order chi connectivity index (χ1) is 18.0. The highest BCUT2D eigenvalue weighted by atomic mass is 32.2. The normalized spacial score (nSPS) is 14.8. The molecule has 1 aliphatic rings. The Bertz CT molecular complexity index is 1180. The summed E-state index contributed by atoms with van der Waals surface area (Å²) in [5.74, 6) is 0.754. The third-order valence-electron chi connectivity index (χ3n) is 5.91. The third-order valence-corrected chi connectivity index (χ3v) is 7.96. The molecular weight excluding hydrogens is 510 g/mol. The Morgan fingerprint density at radius 1 is 0.946 bits per heavy atom. The van der Waals surface area contributed by atoms with Crippen LogP contribution in [0.4, 0.5) is 5.88 Å². The molecule has 0 saturated carbocycles. The van der Waals surface area contributed by atoms with E-state index in [4.69, 9.17) is 4.52 Å². The van der Waals surface area contributed by atoms with E-state index in [0.29, 0.717) is 11.3 Å². The van der Waals surface area contributed by atoms with Gasteiger partial charge in [-0.1, -0.05) is 91.1 Å². The van der Waals surface area contributed by atoms with Crippen molar-refractivity contribution >= 4 is 45.5 Å². The van der Waals surface area contributed by atoms with Gasteiger partial charge in [-0.15, -0.1) is 0 Å². The fourth-order valence-electron chi connectivity index (χ4n) is 3.70. The van der Waals surface area contributed by atoms with Crippen LogP contribution in [-0.4, -0.2) is 70.5 Å². The molecule has 11 heteroatoms. The second kappa shape index (κ2) is 13.4. The lowest BCUT2D eigenvalue weighted by Crippen LogP contribution is -2.65. The first kappa shape index (κ1) is 26.9. The number of rotatable bonds is 10. The molecular formula is C26H30N5O4S2+. The summed E-state index contributed by atoms with van der Waals surface area (Å²) in [5.41, 5.74) is 1.35. The monoisotopic (exact) mass is 540 g/mol. The molecule has 2 aromatic carbocycles. The Morgan fingerprint density at radius 2 is 1.54 bits per heavy atom. The Labute approximate surface area is 224 Å². The summed E-state index contributed by atoms with van der Waals surface area (Å²) < 4.78 is 5.30. The van der Waals surface area contributed by atoms with Crippen LogP contribution in [-0.2, 0) is 4.79 Å². The SMILES string of the molecule is C[C@H](CSC(=O)c1ccccc1)C(=O)Nc1c[n+](N2CCN(CCSC(=O)c3ccccc3)CC2)no1. The van der Waals surface area contributed by atoms with Crippen LogP contribution in [0.15, 0.2) is 71.4 Å². The smallest absolute Gasteiger partial charge is 0.299 e. The van der Waals surface area contributed by atoms with E-state index in [2.05, 4.69) is 15.5 Å². The topological polar surface area (TPSA) is 99.6 Å². The van der Waals surface area contributed by atoms with Crippen molar-refractivity contribution in [2.45, 2.75) is 6.92 Å². The molecule has 1 amide bonds. The van der Waals surface area contributed by atoms with Gasteiger partial charge in [0, 0.05) is 48.2 Å². The molecule has 1 fully saturated rings. The molecule has 0 radical (unpaired) electrons. The van der Waals surface area contributed by atoms with Gasteiger partial charge < -0.3 is 0 Å². The Kier molecular flexibility index (Phi) is 9.75. The lowest BCUT2D eigenvalue weighted by atomic mass is 10.2. The molecule has 0 unspecified atom stereocenters. The van der Waals surface area contributed by atoms with Crippen molar-refractivity contribution in [3.63, 3.8) is 0 Å². The van der Waals surface area contributed by atoms with Crippen LogP contribution in [0.2, 0.25) is 0 Å². The van der Waals surface area contributed by atoms with Gasteiger partial charge in [0.25, 0.3) is 6.20 Å². The maximum Gasteiger partial charge on any atom is 0.305 e. The number of carbonyl (C=O) groups excluding carboxylic acids is 3. The van der Waals surface area contributed by atoms with Crippen molar-refractivity contribution in [2.24, 2.45) is 5.92 Å². The molecule has 0 aliphatic carbocycles. The molecule has 1 saturated heterocycles. The van der Waals surface area contributed by atoms with Crippen LogP contribution < -0.4 is 15.1 Å². The number of carbonyl (C=O) groups is 3. The molecule has 37 heavy (non-hydrogen) atoms. The van der Waals surface area contributed by atoms with Crippen molar-refractivity contribution < 1.29 is 23.7 Å². The van der Waals surface area contributed by atoms with Crippen LogP contribution in [0.25, 0.3) is 0 Å². The van der Waals surface area contributed by atoms with Crippen molar-refractivity contribution in [1.29, 1.82) is 0 Å². The standard InChI is InChI=1S/C26H29N5O4S2/c1-20(19-37-26(34)22-10-6-3-7-11-22)24(32)27-23-18-31(28-35-23)30-14-12-29(13-15-30)16-17-36-25(33)21-8-4-2-5-9-21/h2-11,18,20H,12-17,19H2,1H3/p+1/t20-/m1/s1. The average molecular weight is 541 g/mol. The van der Waals surface area contributed by atoms with Crippen LogP contribution in [0.3, 0.4) is 0 Å². The third kappa shape index (κ3) is 7.91. The van der Waals surface area contributed by atoms with E-state index < -0.39 is 0 Å². The number of nitrogens with one attached hydrogen (secondary N) is 1. The maximum absolute atomic E-state index is 12.5. The lowest BCUT2D eigenvalue weighted by Gasteiger charge is -2.29. The average Bonchev–Trinajstić information content (AvgIpc) is 3.41. The Hall–Kier alpha value is -3.15. The van der Waals surface area contributed by atoms with E-state index in [9.17, 15) is 14.4 Å². The van der Waals surface area contributed by atoms with Gasteiger partial charge >= 0.3 is 5.88 Å². The van der Waals surface area contributed by atoms with Crippen molar-refractivity contribution in [3.05, 3.63) is 78.0 Å². The van der Waals surface area contributed by atoms with Gasteiger partial charge in [-0.05, 0) is 0 Å². The minimum Gasteiger partial charge on any atom is -0.299 e. The first-order valence-electron chi connectivity index (χ1n) is 12.1. The number of anilines is 1. The summed E-state index contributed by atoms with van der Waals surface area (Å²) in [7, 11) is 0. The number of thioether (sulfide) groups is 2. The number of amides is 1. The van der Waals surface area contributed by atoms with E-state index in [1.54, 1.807) is 30.0 Å². The van der Waals surface area contributed by atoms with Crippen molar-refractivity contribution in [3.8, 4) is 0 Å². The summed E-state index contributed by atoms with van der Waals surface area (Å²) >= 11 is 2.47. The van der Waals surface area contributed by atoms with Crippen LogP contribution in [0.5, 0.6) is 0 Å². The van der Waals surface area contributed by atoms with Crippen LogP contribution in [0, 0.1) is 5.92 Å². The summed E-state index contributed by atoms with van der Waals surface area (Å²) in [4.78, 5) is 41.0. The highest BCUT2D eigenvalue weighted by Crippen LogP contribution is 2.17. The molecule has 9 nitrogen and oxygen atoms in total. The van der Waals surface area contributed by atoms with Gasteiger partial charge in [-0.25, -0.2) is 0 Å². The minimum atomic E-state index is -0.383. The number of nitrogens with zero attached hydrogens (tertiary/aromatic N) is 4. The fourth-order valence-corrected chi connectivity index (χ4v) is 5.39. The molecule has 1 atom stereocenters. The zero-order valence-corrected chi connectivity index (χ0v) is 22.2. The van der Waals surface area contributed by atoms with Crippen LogP contribution >= 0.6 is 23.5 Å². The molecule has 1 aromatic heterocycles. The summed E-state index contributed by atoms with van der Waals surface area (Å²) in [6, 6.07) is 18.4. The fraction of sp³-hybridized carbons (Fsp3) is 0.346. The highest BCUT2D eigenvalue weighted by molar-refractivity contribution is 8.14. The molecule has 3 aromatic rings. The minimum absolute atomic E-state index is 0.0571. The molecule has 1 N–H and O–H groups in total. The first-order valence-corrected chi connectivity index (χ1v) is 14.1. The van der Waals surface area contributed by atoms with E-state index in [1.807, 2.05) is 53.5 Å². The summed E-state index contributed by atoms with van der Waals surface area (Å²) in [5, 5.41) is 8.86. The number of aromatic nitrogens is 2. The van der Waals surface area contributed by atoms with E-state index in [1.165, 1.54) is 11.8 Å². The second-order valence-corrected chi connectivity index (χ2v) is 10.7. The molecule has 194 valence electrons. The summed E-state index contributed by atoms with van der Waals surface area (Å²) in [6.45, 7) is 5.78. The Balaban J connectivity index is 1.16. The highest BCUT2D eigenvalue weighted by Gasteiger charge is 2.27. The lowest BCUT2D eigenvalue weighted by molar-refractivity contribution is -0.759. The molecule has 4 rings (SSSR count). The van der Waals surface area contributed by atoms with Gasteiger partial charge in [0.05, 0.1) is 17.9 Å². The molecule has 2 heterocycles. The number of benzene rings is 2. The quantitative estimate of drug-likeness (QED) is 0.389. The van der Waals surface area contributed by atoms with E-state index >= 15 is 0 Å². The summed E-state index contributed by atoms with van der Waals surface area (Å²) in [6.07, 6.45) is 1.65. The van der Waals surface area contributed by atoms with Gasteiger partial charge in [-0.3, -0.25) is 29.1 Å². The van der Waals surface area contributed by atoms with Crippen molar-refractivity contribution in [1.82, 2.24) is 10.2 Å². The molecule has 0 spiro atoms. The largest absolute Gasteiger partial charge is 0.305 e. The number of piperazine rings is 1. The predicted molar refractivity (Wildman–Crippen MR) is 145 cm³/mol. The predicted octanol–water partition coefficient (Wildman–Crippen LogP) is 2.94. The molecule has 1 aliphatic heterocycles. The van der Waals surface area contributed by atoms with Gasteiger partial charge in [0.15, 0.2) is 0 Å². The zero-order chi connectivity index (χ0) is 26.0. The van der Waals surface area contributed by atoms with E-state index in [0.717, 1.165) is 55.8 Å². The van der Waals surface area contributed by atoms with Gasteiger partial charge in [-0.2, -0.15) is 5.01 Å². The Morgan fingerprint density at radius 3 is 2.16 bits per heavy atom. The van der Waals surface area contributed by atoms with E-state index in [-0.39, 0.29) is 27.9 Å². The van der Waals surface area contributed by atoms with Gasteiger partial charge in [0.1, 0.15) is 0 Å². The number of hydrogen-bond donors (Lipinski definition) is 1. The van der Waals surface area contributed by atoms with Crippen LogP contribution in [0.1, 0.15) is 27.6 Å². The second-order valence-electron chi connectivity index (χ2n) is 8.64. The molecule has 0 bridgehead atoms.